The number of thiophene rings is 3. The Morgan fingerprint density at radius 1 is 0.383 bits per heavy atom. The molecule has 3 amide bonds. The van der Waals surface area contributed by atoms with Crippen molar-refractivity contribution in [3.05, 3.63) is 104 Å². The van der Waals surface area contributed by atoms with E-state index in [0.717, 1.165) is 61.6 Å². The summed E-state index contributed by atoms with van der Waals surface area (Å²) in [5.41, 5.74) is -0.505. The first kappa shape index (κ1) is 72.0. The lowest BCUT2D eigenvalue weighted by atomic mass is 9.88. The van der Waals surface area contributed by atoms with Crippen LogP contribution in [0.15, 0.2) is 72.8 Å². The predicted octanol–water partition coefficient (Wildman–Crippen LogP) is 16.8. The highest BCUT2D eigenvalue weighted by Gasteiger charge is 2.43. The predicted molar refractivity (Wildman–Crippen MR) is 375 cm³/mol. The molecule has 3 saturated heterocycles. The molecule has 0 N–H and O–H groups in total. The quantitative estimate of drug-likeness (QED) is 0.0589. The van der Waals surface area contributed by atoms with Gasteiger partial charge in [-0.2, -0.15) is 0 Å². The van der Waals surface area contributed by atoms with Gasteiger partial charge < -0.3 is 43.1 Å². The third-order valence-electron chi connectivity index (χ3n) is 16.8. The number of likely N-dealkylation sites (tertiary alicyclic amines) is 3. The Bertz CT molecular complexity index is 3330. The third kappa shape index (κ3) is 20.4. The summed E-state index contributed by atoms with van der Waals surface area (Å²) in [6, 6.07) is 26.6. The number of esters is 3. The van der Waals surface area contributed by atoms with Crippen molar-refractivity contribution < 1.29 is 57.2 Å². The molecule has 9 rings (SSSR count). The number of hydrogen-bond acceptors (Lipinski definition) is 16. The zero-order valence-electron chi connectivity index (χ0n) is 58.9. The summed E-state index contributed by atoms with van der Waals surface area (Å²) in [6.07, 6.45) is 2.41. The number of nitrogens with zero attached hydrogens (tertiary/aromatic N) is 4. The fraction of sp³-hybridized carbons (Fsp3) is 0.600. The van der Waals surface area contributed by atoms with Gasteiger partial charge in [0, 0.05) is 87.6 Å². The number of fused-ring (bicyclic) bond motifs is 3. The van der Waals surface area contributed by atoms with E-state index in [1.54, 1.807) is 48.7 Å². The van der Waals surface area contributed by atoms with Crippen molar-refractivity contribution in [2.24, 2.45) is 35.5 Å². The van der Waals surface area contributed by atoms with Crippen LogP contribution >= 0.6 is 34.0 Å². The second kappa shape index (κ2) is 28.4. The third-order valence-corrected chi connectivity index (χ3v) is 20.3. The topological polar surface area (TPSA) is 171 Å². The summed E-state index contributed by atoms with van der Waals surface area (Å²) in [7, 11) is 0. The standard InChI is InChI=1S/C75H102N4O12S3/c1-70(2,3)86-64(80)58(49-25-28-77(43-49)67(83)89-73(10,11)12)37-55-34-52-31-46(19-22-61(52)92-55)40-76(41-47-20-23-62-53(32-47)35-56(93-62)38-59(65(81)87-71(4,5)6)50-26-29-78(44-50)68(84)90-74(13,14)15)42-48-21-24-63-54(33-48)36-57(94-63)39-60(66(82)88-72(7,8)9)51-27-30-79(45-51)69(85)91-75(16,17)18/h19-24,31-36,49-51,58-60H,25-30,37-45H2,1-18H3/t49-,50-,51-,58-,59-,60-/m0/s1. The summed E-state index contributed by atoms with van der Waals surface area (Å²) in [5.74, 6) is -2.39. The molecule has 0 unspecified atom stereocenters. The van der Waals surface area contributed by atoms with Crippen LogP contribution in [0.25, 0.3) is 30.3 Å². The fourth-order valence-electron chi connectivity index (χ4n) is 12.9. The molecule has 3 fully saturated rings. The van der Waals surface area contributed by atoms with Crippen molar-refractivity contribution in [3.8, 4) is 0 Å². The van der Waals surface area contributed by atoms with Gasteiger partial charge in [0.1, 0.15) is 33.6 Å². The Hall–Kier alpha value is -6.28. The minimum atomic E-state index is -0.675. The molecule has 0 bridgehead atoms. The lowest BCUT2D eigenvalue weighted by Gasteiger charge is -2.28. The molecule has 0 spiro atoms. The van der Waals surface area contributed by atoms with Gasteiger partial charge in [-0.1, -0.05) is 18.2 Å². The molecule has 6 atom stereocenters. The summed E-state index contributed by atoms with van der Waals surface area (Å²) >= 11 is 5.07. The molecule has 6 heterocycles. The summed E-state index contributed by atoms with van der Waals surface area (Å²) in [4.78, 5) is 92.8. The van der Waals surface area contributed by atoms with Gasteiger partial charge in [0.15, 0.2) is 0 Å². The van der Waals surface area contributed by atoms with E-state index < -0.39 is 51.4 Å². The number of rotatable bonds is 18. The lowest BCUT2D eigenvalue weighted by Crippen LogP contribution is -2.38. The van der Waals surface area contributed by atoms with Crippen LogP contribution in [0.1, 0.15) is 175 Å². The highest BCUT2D eigenvalue weighted by molar-refractivity contribution is 7.19. The molecule has 94 heavy (non-hydrogen) atoms. The van der Waals surface area contributed by atoms with Crippen molar-refractivity contribution in [1.29, 1.82) is 0 Å². The van der Waals surface area contributed by atoms with E-state index in [-0.39, 0.29) is 53.9 Å². The maximum absolute atomic E-state index is 14.1. The maximum Gasteiger partial charge on any atom is 0.410 e. The van der Waals surface area contributed by atoms with Gasteiger partial charge in [0.2, 0.25) is 0 Å². The number of amides is 3. The van der Waals surface area contributed by atoms with Gasteiger partial charge in [-0.15, -0.1) is 34.0 Å². The van der Waals surface area contributed by atoms with Crippen LogP contribution in [0.2, 0.25) is 0 Å². The Morgan fingerprint density at radius 3 is 0.862 bits per heavy atom. The molecule has 16 nitrogen and oxygen atoms in total. The molecule has 3 aromatic carbocycles. The van der Waals surface area contributed by atoms with E-state index in [9.17, 15) is 28.8 Å². The Labute approximate surface area is 569 Å². The Morgan fingerprint density at radius 2 is 0.628 bits per heavy atom. The van der Waals surface area contributed by atoms with Gasteiger partial charge in [-0.05, 0) is 268 Å². The van der Waals surface area contributed by atoms with Crippen LogP contribution in [0, 0.1) is 35.5 Å². The van der Waals surface area contributed by atoms with Crippen molar-refractivity contribution >= 4 is 100 Å². The van der Waals surface area contributed by atoms with E-state index in [1.807, 2.05) is 125 Å². The molecule has 512 valence electrons. The van der Waals surface area contributed by atoms with E-state index in [2.05, 4.69) is 77.7 Å². The van der Waals surface area contributed by atoms with E-state index in [0.29, 0.717) is 97.4 Å². The van der Waals surface area contributed by atoms with Crippen molar-refractivity contribution in [1.82, 2.24) is 19.6 Å². The number of hydrogen-bond donors (Lipinski definition) is 0. The second-order valence-corrected chi connectivity index (χ2v) is 35.9. The summed E-state index contributed by atoms with van der Waals surface area (Å²) < 4.78 is 38.8. The minimum Gasteiger partial charge on any atom is -0.460 e. The minimum absolute atomic E-state index is 0.0916. The maximum atomic E-state index is 14.1. The van der Waals surface area contributed by atoms with Gasteiger partial charge in [0.25, 0.3) is 0 Å². The largest absolute Gasteiger partial charge is 0.460 e. The average molecular weight is 1350 g/mol. The smallest absolute Gasteiger partial charge is 0.410 e. The van der Waals surface area contributed by atoms with Crippen molar-refractivity contribution in [2.75, 3.05) is 39.3 Å². The summed E-state index contributed by atoms with van der Waals surface area (Å²) in [5, 5.41) is 3.30. The van der Waals surface area contributed by atoms with Crippen LogP contribution in [0.4, 0.5) is 14.4 Å². The van der Waals surface area contributed by atoms with Crippen LogP contribution < -0.4 is 0 Å². The molecular formula is C75H102N4O12S3. The van der Waals surface area contributed by atoms with E-state index >= 15 is 0 Å². The molecule has 3 aromatic heterocycles. The molecule has 0 saturated carbocycles. The molecule has 0 aliphatic carbocycles. The zero-order chi connectivity index (χ0) is 68.6. The van der Waals surface area contributed by atoms with Gasteiger partial charge >= 0.3 is 36.2 Å². The molecule has 3 aliphatic rings. The number of carbonyl (C=O) groups is 6. The Balaban J connectivity index is 0.989. The van der Waals surface area contributed by atoms with Gasteiger partial charge in [0.05, 0.1) is 17.8 Å². The molecular weight excluding hydrogens is 1250 g/mol. The zero-order valence-corrected chi connectivity index (χ0v) is 61.4. The van der Waals surface area contributed by atoms with Crippen LogP contribution in [-0.2, 0) is 81.7 Å². The first-order valence-electron chi connectivity index (χ1n) is 33.5. The van der Waals surface area contributed by atoms with E-state index in [1.165, 1.54) is 0 Å². The average Bonchev–Trinajstić information content (AvgIpc) is 1.66. The fourth-order valence-corrected chi connectivity index (χ4v) is 16.2. The number of ether oxygens (including phenoxy) is 6. The van der Waals surface area contributed by atoms with Gasteiger partial charge in [-0.25, -0.2) is 14.4 Å². The highest BCUT2D eigenvalue weighted by atomic mass is 32.1. The Kier molecular flexibility index (Phi) is 21.8. The second-order valence-electron chi connectivity index (χ2n) is 32.4. The van der Waals surface area contributed by atoms with Crippen molar-refractivity contribution in [3.63, 3.8) is 0 Å². The van der Waals surface area contributed by atoms with E-state index in [4.69, 9.17) is 28.4 Å². The first-order chi connectivity index (χ1) is 43.6. The van der Waals surface area contributed by atoms with Crippen LogP contribution in [0.3, 0.4) is 0 Å². The molecule has 6 aromatic rings. The number of carbonyl (C=O) groups excluding carboxylic acids is 6. The highest BCUT2D eigenvalue weighted by Crippen LogP contribution is 2.40. The van der Waals surface area contributed by atoms with Crippen LogP contribution in [0.5, 0.6) is 0 Å². The molecule has 0 radical (unpaired) electrons. The van der Waals surface area contributed by atoms with Crippen LogP contribution in [-0.4, -0.2) is 129 Å². The van der Waals surface area contributed by atoms with Crippen molar-refractivity contribution in [2.45, 2.75) is 216 Å². The summed E-state index contributed by atoms with van der Waals surface area (Å²) in [6.45, 7) is 38.4. The van der Waals surface area contributed by atoms with Gasteiger partial charge in [-0.3, -0.25) is 19.3 Å². The molecule has 19 heteroatoms. The molecule has 3 aliphatic heterocycles. The monoisotopic (exact) mass is 1350 g/mol. The SMILES string of the molecule is CC(C)(C)OC(=O)[C@@H](Cc1cc2cc(CN(Cc3ccc4sc(C[C@H](C(=O)OC(C)(C)C)[C@H]5CCN(C(=O)OC(C)(C)C)C5)cc4c3)Cc3ccc4sc(C[C@H](C(=O)OC(C)(C)C)[C@H]5CCN(C(=O)OC(C)(C)C)C5)cc4c3)ccc2s1)[C@H]1CCN(C(=O)OC(C)(C)C)C1. The normalized spacial score (nSPS) is 18.7. The first-order valence-corrected chi connectivity index (χ1v) is 36.0. The lowest BCUT2D eigenvalue weighted by molar-refractivity contribution is -0.163. The number of benzene rings is 3.